The number of carboxylic acids is 1. The highest BCUT2D eigenvalue weighted by atomic mass is 16.4. The fourth-order valence-electron chi connectivity index (χ4n) is 1.93. The van der Waals surface area contributed by atoms with Crippen molar-refractivity contribution in [1.82, 2.24) is 4.57 Å². The SMILES string of the molecule is Cn1cc(C(N)/C=C/C(=O)O)c2ccccc21. The summed E-state index contributed by atoms with van der Waals surface area (Å²) in [5.74, 6) is -0.985. The molecule has 0 radical (unpaired) electrons. The Morgan fingerprint density at radius 3 is 2.88 bits per heavy atom. The monoisotopic (exact) mass is 230 g/mol. The molecular weight excluding hydrogens is 216 g/mol. The molecule has 0 bridgehead atoms. The molecule has 17 heavy (non-hydrogen) atoms. The van der Waals surface area contributed by atoms with Gasteiger partial charge in [-0.15, -0.1) is 0 Å². The van der Waals surface area contributed by atoms with E-state index in [1.54, 1.807) is 0 Å². The molecule has 4 heteroatoms. The number of aromatic nitrogens is 1. The van der Waals surface area contributed by atoms with E-state index in [0.29, 0.717) is 0 Å². The van der Waals surface area contributed by atoms with Gasteiger partial charge in [0.05, 0.1) is 6.04 Å². The van der Waals surface area contributed by atoms with Crippen molar-refractivity contribution in [3.8, 4) is 0 Å². The summed E-state index contributed by atoms with van der Waals surface area (Å²) < 4.78 is 1.99. The molecule has 2 rings (SSSR count). The van der Waals surface area contributed by atoms with Gasteiger partial charge in [0.1, 0.15) is 0 Å². The van der Waals surface area contributed by atoms with Crippen LogP contribution < -0.4 is 5.73 Å². The number of rotatable bonds is 3. The molecule has 0 saturated carbocycles. The minimum absolute atomic E-state index is 0.405. The lowest BCUT2D eigenvalue weighted by molar-refractivity contribution is -0.131. The number of aliphatic carboxylic acids is 1. The Hall–Kier alpha value is -2.07. The molecule has 0 aliphatic carbocycles. The second kappa shape index (κ2) is 4.43. The smallest absolute Gasteiger partial charge is 0.328 e. The molecule has 1 atom stereocenters. The number of carboxylic acid groups (broad SMARTS) is 1. The molecule has 88 valence electrons. The van der Waals surface area contributed by atoms with Crippen LogP contribution in [0.15, 0.2) is 42.6 Å². The molecule has 0 fully saturated rings. The second-order valence-electron chi connectivity index (χ2n) is 3.94. The average molecular weight is 230 g/mol. The van der Waals surface area contributed by atoms with Gasteiger partial charge in [-0.3, -0.25) is 0 Å². The Morgan fingerprint density at radius 2 is 2.18 bits per heavy atom. The summed E-state index contributed by atoms with van der Waals surface area (Å²) in [4.78, 5) is 10.5. The van der Waals surface area contributed by atoms with Crippen molar-refractivity contribution < 1.29 is 9.90 Å². The predicted molar refractivity (Wildman–Crippen MR) is 66.6 cm³/mol. The largest absolute Gasteiger partial charge is 0.478 e. The molecule has 0 amide bonds. The van der Waals surface area contributed by atoms with Gasteiger partial charge in [-0.25, -0.2) is 4.79 Å². The number of hydrogen-bond donors (Lipinski definition) is 2. The van der Waals surface area contributed by atoms with E-state index < -0.39 is 12.0 Å². The standard InChI is InChI=1S/C13H14N2O2/c1-15-8-10(11(14)6-7-13(16)17)9-4-2-3-5-12(9)15/h2-8,11H,14H2,1H3,(H,16,17)/b7-6+. The Kier molecular flexibility index (Phi) is 2.97. The second-order valence-corrected chi connectivity index (χ2v) is 3.94. The molecule has 0 saturated heterocycles. The predicted octanol–water partition coefficient (Wildman–Crippen LogP) is 1.82. The first-order valence-electron chi connectivity index (χ1n) is 5.30. The van der Waals surface area contributed by atoms with E-state index in [9.17, 15) is 4.79 Å². The van der Waals surface area contributed by atoms with E-state index in [0.717, 1.165) is 22.5 Å². The maximum absolute atomic E-state index is 10.5. The topological polar surface area (TPSA) is 68.2 Å². The van der Waals surface area contributed by atoms with Crippen molar-refractivity contribution >= 4 is 16.9 Å². The minimum Gasteiger partial charge on any atom is -0.478 e. The number of para-hydroxylation sites is 1. The Labute approximate surface area is 99.0 Å². The molecule has 2 aromatic rings. The van der Waals surface area contributed by atoms with E-state index in [1.165, 1.54) is 6.08 Å². The van der Waals surface area contributed by atoms with Gasteiger partial charge in [0.15, 0.2) is 0 Å². The highest BCUT2D eigenvalue weighted by molar-refractivity contribution is 5.85. The number of carbonyl (C=O) groups is 1. The van der Waals surface area contributed by atoms with Crippen LogP contribution in [0.1, 0.15) is 11.6 Å². The van der Waals surface area contributed by atoms with Crippen molar-refractivity contribution in [2.24, 2.45) is 12.8 Å². The van der Waals surface area contributed by atoms with Gasteiger partial charge in [0, 0.05) is 30.2 Å². The van der Waals surface area contributed by atoms with Gasteiger partial charge in [0.2, 0.25) is 0 Å². The van der Waals surface area contributed by atoms with Gasteiger partial charge in [-0.2, -0.15) is 0 Å². The number of aryl methyl sites for hydroxylation is 1. The third-order valence-electron chi connectivity index (χ3n) is 2.73. The number of nitrogens with two attached hydrogens (primary N) is 1. The van der Waals surface area contributed by atoms with E-state index in [1.807, 2.05) is 42.1 Å². The van der Waals surface area contributed by atoms with Crippen LogP contribution in [0.5, 0.6) is 0 Å². The van der Waals surface area contributed by atoms with Crippen molar-refractivity contribution in [2.75, 3.05) is 0 Å². The van der Waals surface area contributed by atoms with Crippen molar-refractivity contribution in [3.63, 3.8) is 0 Å². The highest BCUT2D eigenvalue weighted by Crippen LogP contribution is 2.25. The average Bonchev–Trinajstić information content (AvgIpc) is 2.65. The number of benzene rings is 1. The quantitative estimate of drug-likeness (QED) is 0.790. The van der Waals surface area contributed by atoms with E-state index >= 15 is 0 Å². The first-order valence-corrected chi connectivity index (χ1v) is 5.30. The fourth-order valence-corrected chi connectivity index (χ4v) is 1.93. The van der Waals surface area contributed by atoms with Crippen LogP contribution in [0.25, 0.3) is 10.9 Å². The van der Waals surface area contributed by atoms with Gasteiger partial charge in [-0.1, -0.05) is 24.3 Å². The van der Waals surface area contributed by atoms with Crippen LogP contribution in [0, 0.1) is 0 Å². The fraction of sp³-hybridized carbons (Fsp3) is 0.154. The molecular formula is C13H14N2O2. The summed E-state index contributed by atoms with van der Waals surface area (Å²) in [6, 6.07) is 7.49. The molecule has 0 spiro atoms. The van der Waals surface area contributed by atoms with Crippen molar-refractivity contribution in [1.29, 1.82) is 0 Å². The number of fused-ring (bicyclic) bond motifs is 1. The molecule has 4 nitrogen and oxygen atoms in total. The molecule has 1 aromatic heterocycles. The lowest BCUT2D eigenvalue weighted by Gasteiger charge is -2.03. The number of hydrogen-bond acceptors (Lipinski definition) is 2. The molecule has 0 aliphatic rings. The van der Waals surface area contributed by atoms with E-state index in [-0.39, 0.29) is 0 Å². The number of nitrogens with zero attached hydrogens (tertiary/aromatic N) is 1. The minimum atomic E-state index is -0.985. The maximum Gasteiger partial charge on any atom is 0.328 e. The lowest BCUT2D eigenvalue weighted by atomic mass is 10.1. The summed E-state index contributed by atoms with van der Waals surface area (Å²) in [6.07, 6.45) is 4.50. The van der Waals surface area contributed by atoms with E-state index in [4.69, 9.17) is 10.8 Å². The molecule has 3 N–H and O–H groups in total. The normalized spacial score (nSPS) is 13.3. The first kappa shape index (κ1) is 11.4. The summed E-state index contributed by atoms with van der Waals surface area (Å²) >= 11 is 0. The van der Waals surface area contributed by atoms with Gasteiger partial charge in [-0.05, 0) is 11.6 Å². The van der Waals surface area contributed by atoms with Crippen molar-refractivity contribution in [3.05, 3.63) is 48.2 Å². The van der Waals surface area contributed by atoms with Crippen molar-refractivity contribution in [2.45, 2.75) is 6.04 Å². The van der Waals surface area contributed by atoms with Crippen LogP contribution in [-0.4, -0.2) is 15.6 Å². The Morgan fingerprint density at radius 1 is 1.47 bits per heavy atom. The Balaban J connectivity index is 2.45. The zero-order valence-corrected chi connectivity index (χ0v) is 9.50. The molecule has 1 heterocycles. The molecule has 1 unspecified atom stereocenters. The summed E-state index contributed by atoms with van der Waals surface area (Å²) in [5.41, 5.74) is 7.98. The Bertz CT molecular complexity index is 584. The van der Waals surface area contributed by atoms with Crippen LogP contribution in [0.4, 0.5) is 0 Å². The first-order chi connectivity index (χ1) is 8.09. The van der Waals surface area contributed by atoms with Crippen LogP contribution in [-0.2, 0) is 11.8 Å². The maximum atomic E-state index is 10.5. The van der Waals surface area contributed by atoms with Crippen LogP contribution >= 0.6 is 0 Å². The van der Waals surface area contributed by atoms with E-state index in [2.05, 4.69) is 0 Å². The molecule has 0 aliphatic heterocycles. The summed E-state index contributed by atoms with van der Waals surface area (Å²) in [6.45, 7) is 0. The zero-order valence-electron chi connectivity index (χ0n) is 9.50. The van der Waals surface area contributed by atoms with Crippen LogP contribution in [0.3, 0.4) is 0 Å². The zero-order chi connectivity index (χ0) is 12.4. The third-order valence-corrected chi connectivity index (χ3v) is 2.73. The molecule has 1 aromatic carbocycles. The van der Waals surface area contributed by atoms with Gasteiger partial charge in [0.25, 0.3) is 0 Å². The summed E-state index contributed by atoms with van der Waals surface area (Å²) in [5, 5.41) is 9.63. The third kappa shape index (κ3) is 2.21. The highest BCUT2D eigenvalue weighted by Gasteiger charge is 2.10. The van der Waals surface area contributed by atoms with Gasteiger partial charge >= 0.3 is 5.97 Å². The van der Waals surface area contributed by atoms with Crippen LogP contribution in [0.2, 0.25) is 0 Å². The summed E-state index contributed by atoms with van der Waals surface area (Å²) in [7, 11) is 1.94. The lowest BCUT2D eigenvalue weighted by Crippen LogP contribution is -2.07. The van der Waals surface area contributed by atoms with Gasteiger partial charge < -0.3 is 15.4 Å².